The van der Waals surface area contributed by atoms with Gasteiger partial charge in [0.2, 0.25) is 0 Å². The summed E-state index contributed by atoms with van der Waals surface area (Å²) in [6.45, 7) is 1.98. The standard InChI is InChI=1S/C19H18FNO2S/c1-14-6-13-19(15-7-11-18(12-8-15)24(2,22)23)21(14)17-5-3-4-16(20)9-10-17/h4-13H,3H2,1-2H3. The smallest absolute Gasteiger partial charge is 0.175 e. The van der Waals surface area contributed by atoms with Crippen molar-refractivity contribution in [2.45, 2.75) is 18.2 Å². The minimum atomic E-state index is -3.22. The Labute approximate surface area is 141 Å². The first-order valence-electron chi connectivity index (χ1n) is 7.59. The Hall–Kier alpha value is -2.40. The van der Waals surface area contributed by atoms with Gasteiger partial charge in [-0.25, -0.2) is 12.8 Å². The van der Waals surface area contributed by atoms with E-state index in [2.05, 4.69) is 0 Å². The summed E-state index contributed by atoms with van der Waals surface area (Å²) in [7, 11) is -3.22. The number of allylic oxidation sites excluding steroid dienone is 6. The average Bonchev–Trinajstić information content (AvgIpc) is 2.78. The first kappa shape index (κ1) is 16.5. The van der Waals surface area contributed by atoms with Crippen LogP contribution >= 0.6 is 0 Å². The van der Waals surface area contributed by atoms with Gasteiger partial charge in [0.1, 0.15) is 5.83 Å². The predicted molar refractivity (Wildman–Crippen MR) is 94.9 cm³/mol. The van der Waals surface area contributed by atoms with Crippen molar-refractivity contribution < 1.29 is 12.8 Å². The van der Waals surface area contributed by atoms with Gasteiger partial charge in [-0.2, -0.15) is 0 Å². The van der Waals surface area contributed by atoms with E-state index in [1.54, 1.807) is 30.3 Å². The maximum atomic E-state index is 13.4. The number of aryl methyl sites for hydroxylation is 1. The number of rotatable bonds is 3. The Morgan fingerprint density at radius 3 is 2.38 bits per heavy atom. The van der Waals surface area contributed by atoms with Crippen molar-refractivity contribution in [3.63, 3.8) is 0 Å². The SMILES string of the molecule is Cc1ccc(-c2ccc(S(C)(=O)=O)cc2)n1C1=CCC=C(F)C=C1. The van der Waals surface area contributed by atoms with Crippen LogP contribution in [-0.2, 0) is 9.84 Å². The quantitative estimate of drug-likeness (QED) is 0.822. The van der Waals surface area contributed by atoms with Gasteiger partial charge in [0.05, 0.1) is 10.6 Å². The second-order valence-electron chi connectivity index (χ2n) is 5.78. The highest BCUT2D eigenvalue weighted by Gasteiger charge is 2.12. The summed E-state index contributed by atoms with van der Waals surface area (Å²) in [5.41, 5.74) is 3.76. The van der Waals surface area contributed by atoms with Crippen LogP contribution in [0, 0.1) is 6.92 Å². The van der Waals surface area contributed by atoms with Gasteiger partial charge in [-0.15, -0.1) is 0 Å². The van der Waals surface area contributed by atoms with E-state index in [0.29, 0.717) is 11.3 Å². The van der Waals surface area contributed by atoms with Crippen LogP contribution in [0.4, 0.5) is 4.39 Å². The molecule has 1 heterocycles. The fourth-order valence-corrected chi connectivity index (χ4v) is 3.37. The van der Waals surface area contributed by atoms with Crippen molar-refractivity contribution in [2.75, 3.05) is 6.26 Å². The lowest BCUT2D eigenvalue weighted by molar-refractivity contribution is 0.602. The van der Waals surface area contributed by atoms with Gasteiger partial charge in [-0.05, 0) is 61.4 Å². The van der Waals surface area contributed by atoms with Crippen LogP contribution in [-0.4, -0.2) is 19.2 Å². The number of benzene rings is 1. The topological polar surface area (TPSA) is 39.1 Å². The van der Waals surface area contributed by atoms with E-state index in [1.807, 2.05) is 29.7 Å². The second kappa shape index (κ2) is 6.24. The highest BCUT2D eigenvalue weighted by atomic mass is 32.2. The van der Waals surface area contributed by atoms with Gasteiger partial charge in [-0.3, -0.25) is 0 Å². The summed E-state index contributed by atoms with van der Waals surface area (Å²) < 4.78 is 38.7. The molecular formula is C19H18FNO2S. The number of hydrogen-bond donors (Lipinski definition) is 0. The minimum Gasteiger partial charge on any atom is -0.314 e. The zero-order valence-electron chi connectivity index (χ0n) is 13.5. The van der Waals surface area contributed by atoms with Gasteiger partial charge in [0.25, 0.3) is 0 Å². The van der Waals surface area contributed by atoms with Gasteiger partial charge in [-0.1, -0.05) is 18.2 Å². The minimum absolute atomic E-state index is 0.245. The molecule has 0 N–H and O–H groups in total. The molecule has 0 atom stereocenters. The molecule has 0 spiro atoms. The summed E-state index contributed by atoms with van der Waals surface area (Å²) in [6.07, 6.45) is 8.41. The number of aromatic nitrogens is 1. The normalized spacial score (nSPS) is 15.0. The molecule has 3 rings (SSSR count). The van der Waals surface area contributed by atoms with Gasteiger partial charge >= 0.3 is 0 Å². The van der Waals surface area contributed by atoms with Crippen molar-refractivity contribution in [3.8, 4) is 11.3 Å². The molecule has 5 heteroatoms. The molecule has 1 aliphatic carbocycles. The number of halogens is 1. The maximum Gasteiger partial charge on any atom is 0.175 e. The molecule has 124 valence electrons. The first-order valence-corrected chi connectivity index (χ1v) is 9.48. The van der Waals surface area contributed by atoms with Crippen LogP contribution < -0.4 is 0 Å². The Kier molecular flexibility index (Phi) is 4.28. The van der Waals surface area contributed by atoms with Crippen LogP contribution in [0.15, 0.2) is 71.4 Å². The zero-order valence-corrected chi connectivity index (χ0v) is 14.3. The molecule has 0 saturated heterocycles. The summed E-state index contributed by atoms with van der Waals surface area (Å²) in [4.78, 5) is 0.293. The first-order chi connectivity index (χ1) is 11.4. The Morgan fingerprint density at radius 2 is 1.71 bits per heavy atom. The summed E-state index contributed by atoms with van der Waals surface area (Å²) in [5.74, 6) is -0.245. The van der Waals surface area contributed by atoms with E-state index in [-0.39, 0.29) is 5.83 Å². The maximum absolute atomic E-state index is 13.4. The largest absolute Gasteiger partial charge is 0.314 e. The second-order valence-corrected chi connectivity index (χ2v) is 7.79. The predicted octanol–water partition coefficient (Wildman–Crippen LogP) is 4.52. The summed E-state index contributed by atoms with van der Waals surface area (Å²) >= 11 is 0. The van der Waals surface area contributed by atoms with Crippen LogP contribution in [0.1, 0.15) is 12.1 Å². The molecule has 2 aromatic rings. The molecule has 0 amide bonds. The number of sulfone groups is 1. The number of nitrogens with zero attached hydrogens (tertiary/aromatic N) is 1. The fourth-order valence-electron chi connectivity index (χ4n) is 2.74. The van der Waals surface area contributed by atoms with E-state index >= 15 is 0 Å². The monoisotopic (exact) mass is 343 g/mol. The van der Waals surface area contributed by atoms with Crippen LogP contribution in [0.25, 0.3) is 17.0 Å². The van der Waals surface area contributed by atoms with Crippen molar-refractivity contribution in [1.29, 1.82) is 0 Å². The lowest BCUT2D eigenvalue weighted by Gasteiger charge is -2.13. The molecular weight excluding hydrogens is 325 g/mol. The molecule has 3 nitrogen and oxygen atoms in total. The molecule has 0 radical (unpaired) electrons. The number of hydrogen-bond acceptors (Lipinski definition) is 2. The zero-order chi connectivity index (χ0) is 17.3. The third kappa shape index (κ3) is 3.26. The van der Waals surface area contributed by atoms with E-state index in [0.717, 1.165) is 22.6 Å². The molecule has 24 heavy (non-hydrogen) atoms. The van der Waals surface area contributed by atoms with Crippen molar-refractivity contribution >= 4 is 15.5 Å². The van der Waals surface area contributed by atoms with Crippen molar-refractivity contribution in [1.82, 2.24) is 4.57 Å². The molecule has 0 aliphatic heterocycles. The molecule has 0 saturated carbocycles. The lowest BCUT2D eigenvalue weighted by atomic mass is 10.1. The van der Waals surface area contributed by atoms with E-state index in [1.165, 1.54) is 18.4 Å². The Morgan fingerprint density at radius 1 is 1.00 bits per heavy atom. The summed E-state index contributed by atoms with van der Waals surface area (Å²) in [6, 6.07) is 10.8. The van der Waals surface area contributed by atoms with Crippen molar-refractivity contribution in [2.24, 2.45) is 0 Å². The van der Waals surface area contributed by atoms with E-state index < -0.39 is 9.84 Å². The van der Waals surface area contributed by atoms with Gasteiger partial charge in [0, 0.05) is 17.6 Å². The third-order valence-electron chi connectivity index (χ3n) is 3.97. The lowest BCUT2D eigenvalue weighted by Crippen LogP contribution is -2.00. The molecule has 0 bridgehead atoms. The molecule has 0 unspecified atom stereocenters. The summed E-state index contributed by atoms with van der Waals surface area (Å²) in [5, 5.41) is 0. The molecule has 1 aromatic heterocycles. The van der Waals surface area contributed by atoms with Gasteiger partial charge in [0.15, 0.2) is 9.84 Å². The van der Waals surface area contributed by atoms with Crippen molar-refractivity contribution in [3.05, 3.63) is 72.2 Å². The molecule has 1 aromatic carbocycles. The highest BCUT2D eigenvalue weighted by molar-refractivity contribution is 7.90. The van der Waals surface area contributed by atoms with Gasteiger partial charge < -0.3 is 4.57 Å². The molecule has 0 fully saturated rings. The van der Waals surface area contributed by atoms with E-state index in [9.17, 15) is 12.8 Å². The van der Waals surface area contributed by atoms with E-state index in [4.69, 9.17) is 0 Å². The average molecular weight is 343 g/mol. The Balaban J connectivity index is 2.05. The van der Waals surface area contributed by atoms with Crippen LogP contribution in [0.5, 0.6) is 0 Å². The highest BCUT2D eigenvalue weighted by Crippen LogP contribution is 2.29. The fraction of sp³-hybridized carbons (Fsp3) is 0.158. The Bertz CT molecular complexity index is 961. The van der Waals surface area contributed by atoms with Crippen LogP contribution in [0.3, 0.4) is 0 Å². The third-order valence-corrected chi connectivity index (χ3v) is 5.09. The van der Waals surface area contributed by atoms with Crippen LogP contribution in [0.2, 0.25) is 0 Å². The molecule has 1 aliphatic rings.